The molecule has 3 N–H and O–H groups in total. The lowest BCUT2D eigenvalue weighted by Crippen LogP contribution is -2.41. The number of hydrogen-bond donors (Lipinski definition) is 2. The fourth-order valence-electron chi connectivity index (χ4n) is 2.15. The molecule has 3 nitrogen and oxygen atoms in total. The van der Waals surface area contributed by atoms with Crippen LogP contribution in [0.3, 0.4) is 0 Å². The zero-order chi connectivity index (χ0) is 13.7. The summed E-state index contributed by atoms with van der Waals surface area (Å²) in [6, 6.07) is 5.87. The summed E-state index contributed by atoms with van der Waals surface area (Å²) >= 11 is 0. The number of carbonyl (C=O) groups excluding carboxylic acids is 1. The van der Waals surface area contributed by atoms with Gasteiger partial charge in [0.1, 0.15) is 0 Å². The largest absolute Gasteiger partial charge is 0.348 e. The van der Waals surface area contributed by atoms with Crippen LogP contribution < -0.4 is 11.1 Å². The molecule has 0 aromatic heterocycles. The predicted octanol–water partition coefficient (Wildman–Crippen LogP) is 2.61. The SMILES string of the molecule is CCC[C@@H](N)C(=O)NC(C)c1ccc(C)cc1C. The molecule has 100 valence electrons. The fraction of sp³-hybridized carbons (Fsp3) is 0.533. The van der Waals surface area contributed by atoms with Gasteiger partial charge in [-0.05, 0) is 38.3 Å². The molecule has 1 aromatic carbocycles. The van der Waals surface area contributed by atoms with Crippen LogP contribution in [0.5, 0.6) is 0 Å². The first-order valence-electron chi connectivity index (χ1n) is 6.58. The number of rotatable bonds is 5. The fourth-order valence-corrected chi connectivity index (χ4v) is 2.15. The predicted molar refractivity (Wildman–Crippen MR) is 75.4 cm³/mol. The van der Waals surface area contributed by atoms with E-state index in [2.05, 4.69) is 37.4 Å². The van der Waals surface area contributed by atoms with Gasteiger partial charge in [-0.3, -0.25) is 4.79 Å². The molecule has 0 aliphatic rings. The molecule has 0 spiro atoms. The summed E-state index contributed by atoms with van der Waals surface area (Å²) < 4.78 is 0. The van der Waals surface area contributed by atoms with Gasteiger partial charge in [0.05, 0.1) is 12.1 Å². The first kappa shape index (κ1) is 14.7. The highest BCUT2D eigenvalue weighted by atomic mass is 16.2. The highest BCUT2D eigenvalue weighted by molar-refractivity contribution is 5.81. The van der Waals surface area contributed by atoms with E-state index in [1.54, 1.807) is 0 Å². The Morgan fingerprint density at radius 3 is 2.61 bits per heavy atom. The van der Waals surface area contributed by atoms with Crippen LogP contribution in [0.4, 0.5) is 0 Å². The summed E-state index contributed by atoms with van der Waals surface area (Å²) in [5.41, 5.74) is 9.39. The average molecular weight is 248 g/mol. The smallest absolute Gasteiger partial charge is 0.237 e. The van der Waals surface area contributed by atoms with E-state index in [1.807, 2.05) is 13.8 Å². The van der Waals surface area contributed by atoms with E-state index in [0.717, 1.165) is 18.4 Å². The van der Waals surface area contributed by atoms with Crippen LogP contribution in [-0.2, 0) is 4.79 Å². The summed E-state index contributed by atoms with van der Waals surface area (Å²) in [7, 11) is 0. The normalized spacial score (nSPS) is 14.1. The van der Waals surface area contributed by atoms with Crippen LogP contribution in [0, 0.1) is 13.8 Å². The third-order valence-corrected chi connectivity index (χ3v) is 3.19. The maximum absolute atomic E-state index is 11.9. The van der Waals surface area contributed by atoms with Gasteiger partial charge in [-0.15, -0.1) is 0 Å². The van der Waals surface area contributed by atoms with E-state index in [-0.39, 0.29) is 11.9 Å². The molecule has 2 atom stereocenters. The van der Waals surface area contributed by atoms with Crippen molar-refractivity contribution >= 4 is 5.91 Å². The van der Waals surface area contributed by atoms with Crippen molar-refractivity contribution in [1.82, 2.24) is 5.32 Å². The van der Waals surface area contributed by atoms with Gasteiger partial charge in [0, 0.05) is 0 Å². The van der Waals surface area contributed by atoms with Crippen LogP contribution in [0.25, 0.3) is 0 Å². The van der Waals surface area contributed by atoms with Crippen molar-refractivity contribution in [1.29, 1.82) is 0 Å². The number of nitrogens with one attached hydrogen (secondary N) is 1. The number of nitrogens with two attached hydrogens (primary N) is 1. The van der Waals surface area contributed by atoms with Crippen molar-refractivity contribution in [2.75, 3.05) is 0 Å². The minimum absolute atomic E-state index is 0.000932. The van der Waals surface area contributed by atoms with Crippen molar-refractivity contribution in [3.8, 4) is 0 Å². The van der Waals surface area contributed by atoms with Gasteiger partial charge in [-0.2, -0.15) is 0 Å². The zero-order valence-corrected chi connectivity index (χ0v) is 11.8. The van der Waals surface area contributed by atoms with Gasteiger partial charge in [0.15, 0.2) is 0 Å². The molecule has 0 fully saturated rings. The number of benzene rings is 1. The molecule has 0 heterocycles. The zero-order valence-electron chi connectivity index (χ0n) is 11.8. The van der Waals surface area contributed by atoms with Crippen molar-refractivity contribution in [2.45, 2.75) is 52.6 Å². The van der Waals surface area contributed by atoms with Gasteiger partial charge < -0.3 is 11.1 Å². The molecule has 0 radical (unpaired) electrons. The van der Waals surface area contributed by atoms with Crippen LogP contribution in [0.2, 0.25) is 0 Å². The topological polar surface area (TPSA) is 55.1 Å². The Labute approximate surface area is 110 Å². The molecule has 1 amide bonds. The second-order valence-corrected chi connectivity index (χ2v) is 4.99. The monoisotopic (exact) mass is 248 g/mol. The highest BCUT2D eigenvalue weighted by Crippen LogP contribution is 2.18. The number of amides is 1. The minimum Gasteiger partial charge on any atom is -0.348 e. The van der Waals surface area contributed by atoms with Gasteiger partial charge >= 0.3 is 0 Å². The van der Waals surface area contributed by atoms with Gasteiger partial charge in [-0.25, -0.2) is 0 Å². The maximum Gasteiger partial charge on any atom is 0.237 e. The summed E-state index contributed by atoms with van der Waals surface area (Å²) in [5.74, 6) is -0.0654. The quantitative estimate of drug-likeness (QED) is 0.841. The van der Waals surface area contributed by atoms with E-state index >= 15 is 0 Å². The van der Waals surface area contributed by atoms with Gasteiger partial charge in [0.25, 0.3) is 0 Å². The van der Waals surface area contributed by atoms with E-state index in [9.17, 15) is 4.79 Å². The standard InChI is InChI=1S/C15H24N2O/c1-5-6-14(16)15(18)17-12(4)13-8-7-10(2)9-11(13)3/h7-9,12,14H,5-6,16H2,1-4H3,(H,17,18)/t12?,14-/m1/s1. The lowest BCUT2D eigenvalue weighted by atomic mass is 10.00. The third-order valence-electron chi connectivity index (χ3n) is 3.19. The van der Waals surface area contributed by atoms with Crippen molar-refractivity contribution in [3.63, 3.8) is 0 Å². The summed E-state index contributed by atoms with van der Waals surface area (Å²) in [6.07, 6.45) is 1.65. The van der Waals surface area contributed by atoms with E-state index < -0.39 is 6.04 Å². The van der Waals surface area contributed by atoms with Crippen LogP contribution in [0.1, 0.15) is 49.4 Å². The van der Waals surface area contributed by atoms with Crippen LogP contribution in [0.15, 0.2) is 18.2 Å². The van der Waals surface area contributed by atoms with Crippen LogP contribution >= 0.6 is 0 Å². The Morgan fingerprint density at radius 1 is 1.39 bits per heavy atom. The second-order valence-electron chi connectivity index (χ2n) is 4.99. The first-order chi connectivity index (χ1) is 8.45. The summed E-state index contributed by atoms with van der Waals surface area (Å²) in [6.45, 7) is 8.16. The summed E-state index contributed by atoms with van der Waals surface area (Å²) in [5, 5.41) is 2.98. The first-order valence-corrected chi connectivity index (χ1v) is 6.58. The molecule has 0 saturated heterocycles. The Hall–Kier alpha value is -1.35. The lowest BCUT2D eigenvalue weighted by molar-refractivity contribution is -0.123. The van der Waals surface area contributed by atoms with E-state index in [1.165, 1.54) is 11.1 Å². The molecular weight excluding hydrogens is 224 g/mol. The van der Waals surface area contributed by atoms with Crippen LogP contribution in [-0.4, -0.2) is 11.9 Å². The molecule has 1 rings (SSSR count). The average Bonchev–Trinajstić information content (AvgIpc) is 2.28. The molecule has 1 aromatic rings. The van der Waals surface area contributed by atoms with E-state index in [4.69, 9.17) is 5.73 Å². The van der Waals surface area contributed by atoms with Gasteiger partial charge in [-0.1, -0.05) is 37.1 Å². The maximum atomic E-state index is 11.9. The van der Waals surface area contributed by atoms with Crippen molar-refractivity contribution < 1.29 is 4.79 Å². The molecule has 0 saturated carbocycles. The number of hydrogen-bond acceptors (Lipinski definition) is 2. The molecule has 3 heteroatoms. The van der Waals surface area contributed by atoms with E-state index in [0.29, 0.717) is 0 Å². The molecule has 1 unspecified atom stereocenters. The Morgan fingerprint density at radius 2 is 2.06 bits per heavy atom. The number of aryl methyl sites for hydroxylation is 2. The molecule has 0 bridgehead atoms. The Balaban J connectivity index is 2.70. The third kappa shape index (κ3) is 3.84. The molecule has 18 heavy (non-hydrogen) atoms. The lowest BCUT2D eigenvalue weighted by Gasteiger charge is -2.19. The Kier molecular flexibility index (Phi) is 5.35. The highest BCUT2D eigenvalue weighted by Gasteiger charge is 2.16. The molecular formula is C15H24N2O. The minimum atomic E-state index is -0.400. The Bertz CT molecular complexity index is 415. The molecule has 0 aliphatic heterocycles. The molecule has 0 aliphatic carbocycles. The summed E-state index contributed by atoms with van der Waals surface area (Å²) in [4.78, 5) is 11.9. The second kappa shape index (κ2) is 6.55. The van der Waals surface area contributed by atoms with Gasteiger partial charge in [0.2, 0.25) is 5.91 Å². The number of carbonyl (C=O) groups is 1. The van der Waals surface area contributed by atoms with Crippen molar-refractivity contribution in [3.05, 3.63) is 34.9 Å². The van der Waals surface area contributed by atoms with Crippen molar-refractivity contribution in [2.24, 2.45) is 5.73 Å².